The number of hydrogen-bond donors (Lipinski definition) is 1. The van der Waals surface area contributed by atoms with Crippen LogP contribution in [0.1, 0.15) is 39.3 Å². The lowest BCUT2D eigenvalue weighted by molar-refractivity contribution is 0.0497. The summed E-state index contributed by atoms with van der Waals surface area (Å²) in [6.45, 7) is 9.53. The van der Waals surface area contributed by atoms with Crippen LogP contribution in [0.25, 0.3) is 16.6 Å². The second-order valence-corrected chi connectivity index (χ2v) is 9.81. The van der Waals surface area contributed by atoms with Crippen molar-refractivity contribution in [3.8, 4) is 17.2 Å². The number of fused-ring (bicyclic) bond motifs is 1. The molecule has 1 N–H and O–H groups in total. The molecule has 0 saturated carbocycles. The van der Waals surface area contributed by atoms with Crippen LogP contribution in [0, 0.1) is 6.92 Å². The zero-order valence-corrected chi connectivity index (χ0v) is 21.0. The van der Waals surface area contributed by atoms with Crippen molar-refractivity contribution >= 4 is 22.7 Å². The van der Waals surface area contributed by atoms with Gasteiger partial charge in [-0.05, 0) is 76.9 Å². The first-order valence-corrected chi connectivity index (χ1v) is 11.8. The molecule has 0 aliphatic carbocycles. The minimum atomic E-state index is -0.479. The summed E-state index contributed by atoms with van der Waals surface area (Å²) in [6, 6.07) is 15.0. The molecule has 3 aromatic rings. The van der Waals surface area contributed by atoms with Crippen molar-refractivity contribution in [1.82, 2.24) is 9.88 Å². The van der Waals surface area contributed by atoms with Crippen LogP contribution in [0.2, 0.25) is 0 Å². The molecular weight excluding hydrogens is 430 g/mol. The third-order valence-corrected chi connectivity index (χ3v) is 6.18. The Hall–Kier alpha value is -3.35. The second kappa shape index (κ2) is 9.49. The van der Waals surface area contributed by atoms with Crippen LogP contribution in [0.4, 0.5) is 10.5 Å². The van der Waals surface area contributed by atoms with Gasteiger partial charge < -0.3 is 29.0 Å². The monoisotopic (exact) mass is 465 g/mol. The maximum Gasteiger partial charge on any atom is 0.407 e. The number of nitrogens with one attached hydrogen (secondary N) is 1. The third kappa shape index (κ3) is 5.08. The maximum atomic E-state index is 12.1. The molecule has 1 fully saturated rings. The van der Waals surface area contributed by atoms with E-state index in [4.69, 9.17) is 14.2 Å². The quantitative estimate of drug-likeness (QED) is 0.543. The maximum absolute atomic E-state index is 12.1. The van der Waals surface area contributed by atoms with Crippen LogP contribution in [0.5, 0.6) is 11.5 Å². The number of carbonyl (C=O) groups excluding carboxylic acids is 1. The smallest absolute Gasteiger partial charge is 0.407 e. The number of nitrogens with zero attached hydrogens (tertiary/aromatic N) is 2. The highest BCUT2D eigenvalue weighted by molar-refractivity contribution is 5.87. The fourth-order valence-electron chi connectivity index (χ4n) is 4.58. The van der Waals surface area contributed by atoms with Gasteiger partial charge in [-0.15, -0.1) is 0 Å². The van der Waals surface area contributed by atoms with Crippen molar-refractivity contribution in [2.24, 2.45) is 0 Å². The molecule has 4 rings (SSSR count). The fraction of sp³-hybridized carbons (Fsp3) is 0.444. The Morgan fingerprint density at radius 2 is 1.53 bits per heavy atom. The zero-order valence-electron chi connectivity index (χ0n) is 21.0. The number of ether oxygens (including phenoxy) is 3. The number of anilines is 1. The van der Waals surface area contributed by atoms with E-state index in [1.807, 2.05) is 32.9 Å². The van der Waals surface area contributed by atoms with E-state index in [9.17, 15) is 4.79 Å². The molecule has 0 bridgehead atoms. The molecule has 1 amide bonds. The van der Waals surface area contributed by atoms with Crippen molar-refractivity contribution in [1.29, 1.82) is 0 Å². The number of alkyl carbamates (subject to hydrolysis) is 1. The first-order chi connectivity index (χ1) is 16.2. The summed E-state index contributed by atoms with van der Waals surface area (Å²) < 4.78 is 18.6. The SMILES string of the molecule is COc1cc2cc(C)n(-c3ccc(N4CCC(NC(=O)OC(C)(C)C)CC4)cc3)c2cc1OC. The zero-order chi connectivity index (χ0) is 24.5. The van der Waals surface area contributed by atoms with Gasteiger partial charge in [-0.25, -0.2) is 4.79 Å². The number of amides is 1. The summed E-state index contributed by atoms with van der Waals surface area (Å²) >= 11 is 0. The summed E-state index contributed by atoms with van der Waals surface area (Å²) in [5.74, 6) is 1.45. The van der Waals surface area contributed by atoms with Gasteiger partial charge in [-0.1, -0.05) is 0 Å². The highest BCUT2D eigenvalue weighted by Gasteiger charge is 2.24. The average Bonchev–Trinajstić information content (AvgIpc) is 3.12. The van der Waals surface area contributed by atoms with Gasteiger partial charge >= 0.3 is 6.09 Å². The molecular formula is C27H35N3O4. The lowest BCUT2D eigenvalue weighted by Crippen LogP contribution is -2.46. The molecule has 0 radical (unpaired) electrons. The Balaban J connectivity index is 1.46. The molecule has 7 heteroatoms. The van der Waals surface area contributed by atoms with Gasteiger partial charge in [0.2, 0.25) is 0 Å². The number of methoxy groups -OCH3 is 2. The Labute approximate surface area is 201 Å². The Bertz CT molecular complexity index is 1150. The Morgan fingerprint density at radius 3 is 2.12 bits per heavy atom. The number of hydrogen-bond acceptors (Lipinski definition) is 5. The molecule has 0 spiro atoms. The van der Waals surface area contributed by atoms with E-state index in [0.29, 0.717) is 5.75 Å². The summed E-state index contributed by atoms with van der Waals surface area (Å²) in [6.07, 6.45) is 1.45. The first kappa shape index (κ1) is 23.8. The molecule has 2 aromatic carbocycles. The molecule has 0 atom stereocenters. The van der Waals surface area contributed by atoms with E-state index in [0.717, 1.165) is 54.0 Å². The lowest BCUT2D eigenvalue weighted by atomic mass is 10.0. The van der Waals surface area contributed by atoms with Gasteiger partial charge in [0.1, 0.15) is 5.60 Å². The first-order valence-electron chi connectivity index (χ1n) is 11.8. The van der Waals surface area contributed by atoms with E-state index in [-0.39, 0.29) is 12.1 Å². The molecule has 2 heterocycles. The van der Waals surface area contributed by atoms with Gasteiger partial charge in [0.25, 0.3) is 0 Å². The van der Waals surface area contributed by atoms with E-state index in [1.165, 1.54) is 5.69 Å². The van der Waals surface area contributed by atoms with Gasteiger partial charge in [0, 0.05) is 47.7 Å². The van der Waals surface area contributed by atoms with Crippen LogP contribution in [0.15, 0.2) is 42.5 Å². The second-order valence-electron chi connectivity index (χ2n) is 9.81. The predicted molar refractivity (Wildman–Crippen MR) is 136 cm³/mol. The van der Waals surface area contributed by atoms with E-state index in [1.54, 1.807) is 14.2 Å². The standard InChI is InChI=1S/C27H35N3O4/c1-18-15-19-16-24(32-5)25(33-6)17-23(19)30(18)22-9-7-21(8-10-22)29-13-11-20(12-14-29)28-26(31)34-27(2,3)4/h7-10,15-17,20H,11-14H2,1-6H3,(H,28,31). The summed E-state index contributed by atoms with van der Waals surface area (Å²) in [7, 11) is 3.31. The minimum Gasteiger partial charge on any atom is -0.493 e. The lowest BCUT2D eigenvalue weighted by Gasteiger charge is -2.34. The summed E-state index contributed by atoms with van der Waals surface area (Å²) in [5.41, 5.74) is 4.04. The number of rotatable bonds is 5. The molecule has 34 heavy (non-hydrogen) atoms. The summed E-state index contributed by atoms with van der Waals surface area (Å²) in [4.78, 5) is 14.4. The third-order valence-electron chi connectivity index (χ3n) is 6.18. The van der Waals surface area contributed by atoms with Crippen molar-refractivity contribution < 1.29 is 19.0 Å². The van der Waals surface area contributed by atoms with Crippen LogP contribution >= 0.6 is 0 Å². The highest BCUT2D eigenvalue weighted by atomic mass is 16.6. The Morgan fingerprint density at radius 1 is 0.941 bits per heavy atom. The molecule has 1 aliphatic rings. The predicted octanol–water partition coefficient (Wildman–Crippen LogP) is 5.45. The minimum absolute atomic E-state index is 0.145. The molecule has 1 aliphatic heterocycles. The van der Waals surface area contributed by atoms with Gasteiger partial charge in [0.05, 0.1) is 19.7 Å². The molecule has 182 valence electrons. The van der Waals surface area contributed by atoms with Crippen LogP contribution in [-0.2, 0) is 4.74 Å². The van der Waals surface area contributed by atoms with Crippen LogP contribution < -0.4 is 19.7 Å². The molecule has 0 unspecified atom stereocenters. The number of carbonyl (C=O) groups is 1. The van der Waals surface area contributed by atoms with E-state index in [2.05, 4.69) is 52.0 Å². The van der Waals surface area contributed by atoms with Gasteiger partial charge in [-0.3, -0.25) is 0 Å². The molecule has 7 nitrogen and oxygen atoms in total. The van der Waals surface area contributed by atoms with Crippen molar-refractivity contribution in [2.45, 2.75) is 52.2 Å². The number of benzene rings is 2. The van der Waals surface area contributed by atoms with Gasteiger partial charge in [-0.2, -0.15) is 0 Å². The topological polar surface area (TPSA) is 65.0 Å². The van der Waals surface area contributed by atoms with Crippen molar-refractivity contribution in [3.63, 3.8) is 0 Å². The average molecular weight is 466 g/mol. The van der Waals surface area contributed by atoms with Crippen LogP contribution in [0.3, 0.4) is 0 Å². The fourth-order valence-corrected chi connectivity index (χ4v) is 4.58. The highest BCUT2D eigenvalue weighted by Crippen LogP contribution is 2.35. The van der Waals surface area contributed by atoms with E-state index >= 15 is 0 Å². The number of piperidine rings is 1. The van der Waals surface area contributed by atoms with Crippen molar-refractivity contribution in [3.05, 3.63) is 48.2 Å². The summed E-state index contributed by atoms with van der Waals surface area (Å²) in [5, 5.41) is 4.12. The number of aromatic nitrogens is 1. The largest absolute Gasteiger partial charge is 0.493 e. The molecule has 1 saturated heterocycles. The van der Waals surface area contributed by atoms with Gasteiger partial charge in [0.15, 0.2) is 11.5 Å². The van der Waals surface area contributed by atoms with E-state index < -0.39 is 5.60 Å². The van der Waals surface area contributed by atoms with Crippen LogP contribution in [-0.4, -0.2) is 49.6 Å². The number of aryl methyl sites for hydroxylation is 1. The molecule has 1 aromatic heterocycles. The van der Waals surface area contributed by atoms with Crippen molar-refractivity contribution in [2.75, 3.05) is 32.2 Å². The normalized spacial score (nSPS) is 14.8. The Kier molecular flexibility index (Phi) is 6.64.